The molecule has 0 aliphatic carbocycles. The number of rotatable bonds is 4. The molecule has 0 fully saturated rings. The van der Waals surface area contributed by atoms with Gasteiger partial charge in [0.25, 0.3) is 0 Å². The zero-order valence-electron chi connectivity index (χ0n) is 13.7. The Labute approximate surface area is 141 Å². The molecule has 0 bridgehead atoms. The number of fused-ring (bicyclic) bond motifs is 3. The number of aryl methyl sites for hydroxylation is 1. The molecule has 0 radical (unpaired) electrons. The van der Waals surface area contributed by atoms with Crippen LogP contribution in [0.5, 0.6) is 5.75 Å². The predicted octanol–water partition coefficient (Wildman–Crippen LogP) is 5.66. The van der Waals surface area contributed by atoms with Crippen molar-refractivity contribution in [1.82, 2.24) is 4.57 Å². The third kappa shape index (κ3) is 2.28. The lowest BCUT2D eigenvalue weighted by Gasteiger charge is -2.14. The van der Waals surface area contributed by atoms with Crippen LogP contribution in [-0.4, -0.2) is 11.2 Å². The van der Waals surface area contributed by atoms with Crippen molar-refractivity contribution < 1.29 is 4.74 Å². The molecule has 118 valence electrons. The van der Waals surface area contributed by atoms with Gasteiger partial charge in [0, 0.05) is 10.8 Å². The monoisotopic (exact) mass is 313 g/mol. The lowest BCUT2D eigenvalue weighted by atomic mass is 10.2. The molecule has 0 spiro atoms. The summed E-state index contributed by atoms with van der Waals surface area (Å²) < 4.78 is 8.21. The van der Waals surface area contributed by atoms with Gasteiger partial charge in [-0.2, -0.15) is 0 Å². The number of hydrogen-bond acceptors (Lipinski definition) is 1. The van der Waals surface area contributed by atoms with E-state index in [1.165, 1.54) is 27.4 Å². The van der Waals surface area contributed by atoms with Crippen molar-refractivity contribution in [2.45, 2.75) is 6.92 Å². The first-order chi connectivity index (χ1) is 11.8. The van der Waals surface area contributed by atoms with Gasteiger partial charge in [-0.15, -0.1) is 0 Å². The van der Waals surface area contributed by atoms with Crippen molar-refractivity contribution in [3.63, 3.8) is 0 Å². The lowest BCUT2D eigenvalue weighted by molar-refractivity contribution is 0.362. The summed E-state index contributed by atoms with van der Waals surface area (Å²) in [6.07, 6.45) is 1.77. The van der Waals surface area contributed by atoms with Crippen LogP contribution < -0.4 is 4.74 Å². The minimum absolute atomic E-state index is 0.493. The van der Waals surface area contributed by atoms with Gasteiger partial charge in [-0.1, -0.05) is 55.1 Å². The van der Waals surface area contributed by atoms with E-state index >= 15 is 0 Å². The molecule has 0 amide bonds. The highest BCUT2D eigenvalue weighted by molar-refractivity contribution is 6.09. The summed E-state index contributed by atoms with van der Waals surface area (Å²) in [5, 5.41) is 2.51. The Bertz CT molecular complexity index is 989. The second kappa shape index (κ2) is 5.89. The lowest BCUT2D eigenvalue weighted by Crippen LogP contribution is -2.01. The number of para-hydroxylation sites is 2. The molecular formula is C22H19NO. The molecule has 1 heterocycles. The Morgan fingerprint density at radius 1 is 0.917 bits per heavy atom. The maximum Gasteiger partial charge on any atom is 0.143 e. The van der Waals surface area contributed by atoms with Crippen molar-refractivity contribution in [2.75, 3.05) is 6.61 Å². The first-order valence-corrected chi connectivity index (χ1v) is 8.12. The van der Waals surface area contributed by atoms with E-state index < -0.39 is 0 Å². The van der Waals surface area contributed by atoms with Crippen molar-refractivity contribution in [1.29, 1.82) is 0 Å². The van der Waals surface area contributed by atoms with Crippen LogP contribution >= 0.6 is 0 Å². The Balaban J connectivity index is 2.09. The highest BCUT2D eigenvalue weighted by atomic mass is 16.5. The van der Waals surface area contributed by atoms with Gasteiger partial charge in [0.2, 0.25) is 0 Å². The van der Waals surface area contributed by atoms with Crippen molar-refractivity contribution >= 4 is 21.8 Å². The average Bonchev–Trinajstić information content (AvgIpc) is 2.95. The van der Waals surface area contributed by atoms with Gasteiger partial charge < -0.3 is 9.30 Å². The Hall–Kier alpha value is -3.00. The topological polar surface area (TPSA) is 14.2 Å². The summed E-state index contributed by atoms with van der Waals surface area (Å²) >= 11 is 0. The minimum Gasteiger partial charge on any atom is -0.487 e. The third-order valence-electron chi connectivity index (χ3n) is 4.29. The highest BCUT2D eigenvalue weighted by Crippen LogP contribution is 2.35. The Morgan fingerprint density at radius 2 is 1.54 bits per heavy atom. The van der Waals surface area contributed by atoms with Crippen LogP contribution in [0, 0.1) is 6.92 Å². The summed E-state index contributed by atoms with van der Waals surface area (Å²) in [4.78, 5) is 0. The van der Waals surface area contributed by atoms with Crippen molar-refractivity contribution in [3.05, 3.63) is 84.9 Å². The van der Waals surface area contributed by atoms with Crippen LogP contribution in [0.25, 0.3) is 27.5 Å². The SMILES string of the molecule is C=CCOc1ccc(C)cc1-n1c2ccccc2c2ccccc21. The largest absolute Gasteiger partial charge is 0.487 e. The van der Waals surface area contributed by atoms with Crippen LogP contribution in [0.3, 0.4) is 0 Å². The molecule has 4 rings (SSSR count). The third-order valence-corrected chi connectivity index (χ3v) is 4.29. The molecule has 2 heteroatoms. The molecule has 4 aromatic rings. The standard InChI is InChI=1S/C22H19NO/c1-3-14-24-22-13-12-16(2)15-21(22)23-19-10-6-4-8-17(19)18-9-5-7-11-20(18)23/h3-13,15H,1,14H2,2H3. The molecule has 0 N–H and O–H groups in total. The van der Waals surface area contributed by atoms with Crippen LogP contribution in [-0.2, 0) is 0 Å². The van der Waals surface area contributed by atoms with Gasteiger partial charge in [-0.3, -0.25) is 0 Å². The fourth-order valence-corrected chi connectivity index (χ4v) is 3.25. The molecule has 0 aliphatic heterocycles. The molecule has 0 aliphatic rings. The number of benzene rings is 3. The fourth-order valence-electron chi connectivity index (χ4n) is 3.25. The van der Waals surface area contributed by atoms with Gasteiger partial charge in [-0.05, 0) is 36.8 Å². The van der Waals surface area contributed by atoms with Gasteiger partial charge >= 0.3 is 0 Å². The smallest absolute Gasteiger partial charge is 0.143 e. The van der Waals surface area contributed by atoms with Crippen LogP contribution in [0.1, 0.15) is 5.56 Å². The van der Waals surface area contributed by atoms with E-state index in [-0.39, 0.29) is 0 Å². The van der Waals surface area contributed by atoms with E-state index in [0.717, 1.165) is 11.4 Å². The molecule has 24 heavy (non-hydrogen) atoms. The summed E-state index contributed by atoms with van der Waals surface area (Å²) in [5.74, 6) is 0.868. The highest BCUT2D eigenvalue weighted by Gasteiger charge is 2.14. The molecule has 3 aromatic carbocycles. The van der Waals surface area contributed by atoms with E-state index in [1.54, 1.807) is 6.08 Å². The maximum atomic E-state index is 5.92. The molecule has 1 aromatic heterocycles. The first-order valence-electron chi connectivity index (χ1n) is 8.12. The molecular weight excluding hydrogens is 294 g/mol. The van der Waals surface area contributed by atoms with E-state index in [1.807, 2.05) is 6.07 Å². The van der Waals surface area contributed by atoms with Crippen LogP contribution in [0.4, 0.5) is 0 Å². The Morgan fingerprint density at radius 3 is 2.17 bits per heavy atom. The quantitative estimate of drug-likeness (QED) is 0.444. The number of nitrogens with zero attached hydrogens (tertiary/aromatic N) is 1. The zero-order valence-corrected chi connectivity index (χ0v) is 13.7. The van der Waals surface area contributed by atoms with Gasteiger partial charge in [0.1, 0.15) is 12.4 Å². The predicted molar refractivity (Wildman–Crippen MR) is 101 cm³/mol. The molecule has 2 nitrogen and oxygen atoms in total. The van der Waals surface area contributed by atoms with Crippen LogP contribution in [0.15, 0.2) is 79.4 Å². The van der Waals surface area contributed by atoms with Crippen molar-refractivity contribution in [2.24, 2.45) is 0 Å². The van der Waals surface area contributed by atoms with E-state index in [4.69, 9.17) is 4.74 Å². The van der Waals surface area contributed by atoms with E-state index in [0.29, 0.717) is 6.61 Å². The minimum atomic E-state index is 0.493. The number of ether oxygens (including phenoxy) is 1. The van der Waals surface area contributed by atoms with E-state index in [2.05, 4.69) is 78.7 Å². The van der Waals surface area contributed by atoms with Gasteiger partial charge in [0.05, 0.1) is 16.7 Å². The fraction of sp³-hybridized carbons (Fsp3) is 0.0909. The maximum absolute atomic E-state index is 5.92. The first kappa shape index (κ1) is 14.6. The normalized spacial score (nSPS) is 11.0. The van der Waals surface area contributed by atoms with Crippen LogP contribution in [0.2, 0.25) is 0 Å². The summed E-state index contributed by atoms with van der Waals surface area (Å²) in [5.41, 5.74) is 4.65. The average molecular weight is 313 g/mol. The molecule has 0 atom stereocenters. The molecule has 0 saturated heterocycles. The van der Waals surface area contributed by atoms with Gasteiger partial charge in [0.15, 0.2) is 0 Å². The van der Waals surface area contributed by atoms with E-state index in [9.17, 15) is 0 Å². The Kier molecular flexibility index (Phi) is 3.58. The second-order valence-electron chi connectivity index (χ2n) is 5.94. The number of aromatic nitrogens is 1. The molecule has 0 unspecified atom stereocenters. The zero-order chi connectivity index (χ0) is 16.5. The summed E-state index contributed by atoms with van der Waals surface area (Å²) in [7, 11) is 0. The summed E-state index contributed by atoms with van der Waals surface area (Å²) in [6.45, 7) is 6.35. The molecule has 0 saturated carbocycles. The number of hydrogen-bond donors (Lipinski definition) is 0. The second-order valence-corrected chi connectivity index (χ2v) is 5.94. The van der Waals surface area contributed by atoms with Crippen molar-refractivity contribution in [3.8, 4) is 11.4 Å². The van der Waals surface area contributed by atoms with Gasteiger partial charge in [-0.25, -0.2) is 0 Å². The summed E-state index contributed by atoms with van der Waals surface area (Å²) in [6, 6.07) is 23.3.